The second-order valence-electron chi connectivity index (χ2n) is 6.30. The molecule has 118 valence electrons. The monoisotopic (exact) mass is 291 g/mol. The molecule has 1 N–H and O–H groups in total. The second kappa shape index (κ2) is 7.69. The molecule has 0 amide bonds. The molecule has 0 aliphatic heterocycles. The van der Waals surface area contributed by atoms with Gasteiger partial charge in [-0.1, -0.05) is 26.3 Å². The zero-order valence-electron chi connectivity index (χ0n) is 13.8. The summed E-state index contributed by atoms with van der Waals surface area (Å²) in [5, 5.41) is 3.76. The number of benzene rings is 1. The van der Waals surface area contributed by atoms with Crippen LogP contribution in [-0.2, 0) is 6.42 Å². The van der Waals surface area contributed by atoms with Gasteiger partial charge in [0, 0.05) is 6.04 Å². The lowest BCUT2D eigenvalue weighted by Crippen LogP contribution is -2.43. The summed E-state index contributed by atoms with van der Waals surface area (Å²) in [6, 6.07) is 6.85. The summed E-state index contributed by atoms with van der Waals surface area (Å²) in [4.78, 5) is 0. The zero-order valence-corrected chi connectivity index (χ0v) is 13.8. The molecule has 0 heterocycles. The van der Waals surface area contributed by atoms with Gasteiger partial charge in [0.25, 0.3) is 0 Å². The molecule has 0 bridgehead atoms. The van der Waals surface area contributed by atoms with Gasteiger partial charge in [-0.25, -0.2) is 0 Å². The molecule has 0 spiro atoms. The molecule has 0 radical (unpaired) electrons. The fourth-order valence-electron chi connectivity index (χ4n) is 3.50. The number of nitrogens with one attached hydrogen (secondary N) is 1. The van der Waals surface area contributed by atoms with E-state index in [1.54, 1.807) is 14.2 Å². The van der Waals surface area contributed by atoms with Crippen LogP contribution >= 0.6 is 0 Å². The maximum atomic E-state index is 5.36. The second-order valence-corrected chi connectivity index (χ2v) is 6.30. The van der Waals surface area contributed by atoms with E-state index in [0.29, 0.717) is 6.04 Å². The number of hydrogen-bond donors (Lipinski definition) is 1. The van der Waals surface area contributed by atoms with Crippen molar-refractivity contribution in [2.24, 2.45) is 11.8 Å². The van der Waals surface area contributed by atoms with E-state index in [9.17, 15) is 0 Å². The van der Waals surface area contributed by atoms with Crippen LogP contribution in [0.15, 0.2) is 18.2 Å². The number of methoxy groups -OCH3 is 2. The minimum Gasteiger partial charge on any atom is -0.493 e. The molecule has 21 heavy (non-hydrogen) atoms. The molecule has 2 rings (SSSR count). The number of ether oxygens (including phenoxy) is 2. The van der Waals surface area contributed by atoms with E-state index in [2.05, 4.69) is 31.3 Å². The first-order valence-corrected chi connectivity index (χ1v) is 8.10. The molecule has 3 heteroatoms. The molecule has 2 unspecified atom stereocenters. The lowest BCUT2D eigenvalue weighted by molar-refractivity contribution is 0.210. The van der Waals surface area contributed by atoms with Crippen molar-refractivity contribution in [2.75, 3.05) is 20.8 Å². The van der Waals surface area contributed by atoms with Crippen LogP contribution in [-0.4, -0.2) is 26.8 Å². The summed E-state index contributed by atoms with van der Waals surface area (Å²) < 4.78 is 10.6. The topological polar surface area (TPSA) is 30.5 Å². The molecule has 1 aromatic carbocycles. The molecule has 1 aliphatic rings. The van der Waals surface area contributed by atoms with Crippen LogP contribution in [0.1, 0.15) is 38.7 Å². The average molecular weight is 291 g/mol. The molecule has 1 aromatic rings. The minimum atomic E-state index is 0.666. The quantitative estimate of drug-likeness (QED) is 0.867. The van der Waals surface area contributed by atoms with E-state index in [-0.39, 0.29) is 0 Å². The van der Waals surface area contributed by atoms with Crippen molar-refractivity contribution in [3.05, 3.63) is 23.8 Å². The largest absolute Gasteiger partial charge is 0.493 e. The summed E-state index contributed by atoms with van der Waals surface area (Å²) >= 11 is 0. The van der Waals surface area contributed by atoms with Gasteiger partial charge in [-0.05, 0) is 55.3 Å². The van der Waals surface area contributed by atoms with Gasteiger partial charge < -0.3 is 14.8 Å². The lowest BCUT2D eigenvalue weighted by Gasteiger charge is -2.35. The van der Waals surface area contributed by atoms with Gasteiger partial charge >= 0.3 is 0 Å². The smallest absolute Gasteiger partial charge is 0.160 e. The van der Waals surface area contributed by atoms with E-state index in [0.717, 1.165) is 36.3 Å². The third kappa shape index (κ3) is 4.13. The van der Waals surface area contributed by atoms with Crippen LogP contribution in [0, 0.1) is 11.8 Å². The molecule has 0 saturated heterocycles. The zero-order chi connectivity index (χ0) is 15.2. The normalized spacial score (nSPS) is 25.6. The van der Waals surface area contributed by atoms with Crippen LogP contribution in [0.25, 0.3) is 0 Å². The Bertz CT molecular complexity index is 437. The first kappa shape index (κ1) is 16.2. The molecule has 3 nitrogen and oxygen atoms in total. The van der Waals surface area contributed by atoms with Gasteiger partial charge in [-0.2, -0.15) is 0 Å². The van der Waals surface area contributed by atoms with Crippen molar-refractivity contribution in [3.63, 3.8) is 0 Å². The Morgan fingerprint density at radius 3 is 2.33 bits per heavy atom. The molecule has 2 atom stereocenters. The third-order valence-electron chi connectivity index (χ3n) is 4.79. The first-order valence-electron chi connectivity index (χ1n) is 8.10. The van der Waals surface area contributed by atoms with E-state index in [1.807, 2.05) is 6.07 Å². The number of rotatable bonds is 6. The Labute approximate surface area is 129 Å². The van der Waals surface area contributed by atoms with Crippen molar-refractivity contribution in [1.82, 2.24) is 5.32 Å². The predicted octanol–water partition coefficient (Wildman–Crippen LogP) is 3.66. The first-order chi connectivity index (χ1) is 10.2. The Kier molecular flexibility index (Phi) is 5.92. The van der Waals surface area contributed by atoms with Gasteiger partial charge in [-0.15, -0.1) is 0 Å². The van der Waals surface area contributed by atoms with Crippen LogP contribution in [0.3, 0.4) is 0 Å². The highest BCUT2D eigenvalue weighted by Crippen LogP contribution is 2.29. The highest BCUT2D eigenvalue weighted by Gasteiger charge is 2.26. The van der Waals surface area contributed by atoms with E-state index in [4.69, 9.17) is 9.47 Å². The molecule has 0 aromatic heterocycles. The highest BCUT2D eigenvalue weighted by atomic mass is 16.5. The van der Waals surface area contributed by atoms with Crippen LogP contribution in [0.5, 0.6) is 11.5 Å². The molecule has 1 fully saturated rings. The van der Waals surface area contributed by atoms with Crippen LogP contribution in [0.4, 0.5) is 0 Å². The van der Waals surface area contributed by atoms with Crippen molar-refractivity contribution >= 4 is 0 Å². The van der Waals surface area contributed by atoms with Crippen molar-refractivity contribution in [3.8, 4) is 11.5 Å². The Morgan fingerprint density at radius 1 is 1.05 bits per heavy atom. The van der Waals surface area contributed by atoms with Gasteiger partial charge in [0.15, 0.2) is 11.5 Å². The van der Waals surface area contributed by atoms with Crippen molar-refractivity contribution < 1.29 is 9.47 Å². The lowest BCUT2D eigenvalue weighted by atomic mass is 9.78. The fourth-order valence-corrected chi connectivity index (χ4v) is 3.50. The molecular formula is C18H29NO2. The Balaban J connectivity index is 1.88. The summed E-state index contributed by atoms with van der Waals surface area (Å²) in [6.07, 6.45) is 5.13. The van der Waals surface area contributed by atoms with Crippen molar-refractivity contribution in [1.29, 1.82) is 0 Å². The van der Waals surface area contributed by atoms with Crippen LogP contribution in [0.2, 0.25) is 0 Å². The molecular weight excluding hydrogens is 262 g/mol. The Hall–Kier alpha value is -1.22. The highest BCUT2D eigenvalue weighted by molar-refractivity contribution is 5.42. The van der Waals surface area contributed by atoms with Gasteiger partial charge in [-0.3, -0.25) is 0 Å². The van der Waals surface area contributed by atoms with E-state index < -0.39 is 0 Å². The summed E-state index contributed by atoms with van der Waals surface area (Å²) in [5.41, 5.74) is 1.29. The maximum Gasteiger partial charge on any atom is 0.160 e. The summed E-state index contributed by atoms with van der Waals surface area (Å²) in [6.45, 7) is 5.78. The minimum absolute atomic E-state index is 0.666. The van der Waals surface area contributed by atoms with E-state index in [1.165, 1.54) is 24.8 Å². The molecule has 1 saturated carbocycles. The van der Waals surface area contributed by atoms with Gasteiger partial charge in [0.1, 0.15) is 0 Å². The third-order valence-corrected chi connectivity index (χ3v) is 4.79. The van der Waals surface area contributed by atoms with Crippen LogP contribution < -0.4 is 14.8 Å². The summed E-state index contributed by atoms with van der Waals surface area (Å²) in [5.74, 6) is 3.19. The van der Waals surface area contributed by atoms with Gasteiger partial charge in [0.2, 0.25) is 0 Å². The standard InChI is InChI=1S/C18H29NO2/c1-13-6-5-7-14(2)18(13)19-11-10-15-8-9-16(20-3)17(12-15)21-4/h8-9,12-14,18-19H,5-7,10-11H2,1-4H3. The maximum absolute atomic E-state index is 5.36. The van der Waals surface area contributed by atoms with Crippen molar-refractivity contribution in [2.45, 2.75) is 45.6 Å². The number of hydrogen-bond acceptors (Lipinski definition) is 3. The Morgan fingerprint density at radius 2 is 1.71 bits per heavy atom. The SMILES string of the molecule is COc1ccc(CCNC2C(C)CCCC2C)cc1OC. The average Bonchev–Trinajstić information content (AvgIpc) is 2.50. The van der Waals surface area contributed by atoms with E-state index >= 15 is 0 Å². The van der Waals surface area contributed by atoms with Gasteiger partial charge in [0.05, 0.1) is 14.2 Å². The molecule has 1 aliphatic carbocycles. The fraction of sp³-hybridized carbons (Fsp3) is 0.667. The predicted molar refractivity (Wildman–Crippen MR) is 87.2 cm³/mol. The summed E-state index contributed by atoms with van der Waals surface area (Å²) in [7, 11) is 3.36.